The van der Waals surface area contributed by atoms with Gasteiger partial charge in [0, 0.05) is 17.7 Å². The first-order valence-corrected chi connectivity index (χ1v) is 7.81. The van der Waals surface area contributed by atoms with E-state index in [1.165, 1.54) is 0 Å². The molecule has 1 atom stereocenters. The standard InChI is InChI=1S/C16H25N3O2/c1-3-17-12-14-8-10-18(11-9-14)13(2)15-6-4-5-7-16(15)19(20)21/h4-7,13-14,17H,3,8-12H2,1-2H3. The molecule has 2 rings (SSSR count). The number of rotatable bonds is 6. The molecule has 1 aromatic carbocycles. The highest BCUT2D eigenvalue weighted by atomic mass is 16.6. The Balaban J connectivity index is 1.99. The highest BCUT2D eigenvalue weighted by Gasteiger charge is 2.27. The van der Waals surface area contributed by atoms with Crippen LogP contribution < -0.4 is 5.32 Å². The molecule has 1 unspecified atom stereocenters. The van der Waals surface area contributed by atoms with Crippen LogP contribution >= 0.6 is 0 Å². The Morgan fingerprint density at radius 1 is 1.38 bits per heavy atom. The predicted octanol–water partition coefficient (Wildman–Crippen LogP) is 2.98. The number of nitro groups is 1. The number of hydrogen-bond donors (Lipinski definition) is 1. The van der Waals surface area contributed by atoms with Gasteiger partial charge >= 0.3 is 0 Å². The molecule has 0 aromatic heterocycles. The van der Waals surface area contributed by atoms with Gasteiger partial charge in [0.15, 0.2) is 0 Å². The molecule has 0 amide bonds. The number of nitrogens with zero attached hydrogens (tertiary/aromatic N) is 2. The van der Waals surface area contributed by atoms with Crippen LogP contribution in [0.25, 0.3) is 0 Å². The Hall–Kier alpha value is -1.46. The zero-order chi connectivity index (χ0) is 15.2. The summed E-state index contributed by atoms with van der Waals surface area (Å²) >= 11 is 0. The van der Waals surface area contributed by atoms with E-state index in [1.54, 1.807) is 12.1 Å². The van der Waals surface area contributed by atoms with Gasteiger partial charge in [-0.2, -0.15) is 0 Å². The van der Waals surface area contributed by atoms with Crippen LogP contribution in [0.4, 0.5) is 5.69 Å². The summed E-state index contributed by atoms with van der Waals surface area (Å²) in [5.41, 5.74) is 1.06. The summed E-state index contributed by atoms with van der Waals surface area (Å²) in [6.45, 7) is 8.35. The maximum Gasteiger partial charge on any atom is 0.274 e. The summed E-state index contributed by atoms with van der Waals surface area (Å²) < 4.78 is 0. The number of likely N-dealkylation sites (tertiary alicyclic amines) is 1. The summed E-state index contributed by atoms with van der Waals surface area (Å²) in [5, 5.41) is 14.6. The molecule has 1 saturated heterocycles. The lowest BCUT2D eigenvalue weighted by atomic mass is 9.94. The first-order chi connectivity index (χ1) is 10.1. The Morgan fingerprint density at radius 2 is 2.05 bits per heavy atom. The molecule has 1 heterocycles. The van der Waals surface area contributed by atoms with Gasteiger partial charge in [-0.3, -0.25) is 15.0 Å². The van der Waals surface area contributed by atoms with Gasteiger partial charge in [-0.05, 0) is 51.9 Å². The van der Waals surface area contributed by atoms with Gasteiger partial charge in [-0.15, -0.1) is 0 Å². The minimum absolute atomic E-state index is 0.103. The van der Waals surface area contributed by atoms with Crippen LogP contribution in [0.15, 0.2) is 24.3 Å². The first-order valence-electron chi connectivity index (χ1n) is 7.81. The highest BCUT2D eigenvalue weighted by molar-refractivity contribution is 5.41. The lowest BCUT2D eigenvalue weighted by molar-refractivity contribution is -0.386. The van der Waals surface area contributed by atoms with Gasteiger partial charge in [0.1, 0.15) is 0 Å². The third kappa shape index (κ3) is 4.02. The van der Waals surface area contributed by atoms with Crippen LogP contribution in [0.1, 0.15) is 38.3 Å². The van der Waals surface area contributed by atoms with Gasteiger partial charge < -0.3 is 5.32 Å². The van der Waals surface area contributed by atoms with E-state index in [1.807, 2.05) is 12.1 Å². The lowest BCUT2D eigenvalue weighted by Crippen LogP contribution is -2.38. The van der Waals surface area contributed by atoms with Crippen molar-refractivity contribution in [2.75, 3.05) is 26.2 Å². The molecule has 0 spiro atoms. The fourth-order valence-corrected chi connectivity index (χ4v) is 3.10. The van der Waals surface area contributed by atoms with E-state index in [9.17, 15) is 10.1 Å². The second kappa shape index (κ2) is 7.52. The third-order valence-electron chi connectivity index (χ3n) is 4.46. The van der Waals surface area contributed by atoms with Crippen molar-refractivity contribution in [2.45, 2.75) is 32.7 Å². The molecule has 0 saturated carbocycles. The molecule has 0 bridgehead atoms. The summed E-state index contributed by atoms with van der Waals surface area (Å²) in [6.07, 6.45) is 2.33. The quantitative estimate of drug-likeness (QED) is 0.646. The van der Waals surface area contributed by atoms with E-state index in [-0.39, 0.29) is 16.7 Å². The van der Waals surface area contributed by atoms with Crippen LogP contribution in [0, 0.1) is 16.0 Å². The number of para-hydroxylation sites is 1. The molecular formula is C16H25N3O2. The molecule has 0 radical (unpaired) electrons. The maximum absolute atomic E-state index is 11.2. The zero-order valence-corrected chi connectivity index (χ0v) is 12.9. The third-order valence-corrected chi connectivity index (χ3v) is 4.46. The number of piperidine rings is 1. The summed E-state index contributed by atoms with van der Waals surface area (Å²) in [4.78, 5) is 13.2. The van der Waals surface area contributed by atoms with Crippen molar-refractivity contribution < 1.29 is 4.92 Å². The molecule has 1 aromatic rings. The molecule has 0 aliphatic carbocycles. The molecule has 116 valence electrons. The minimum atomic E-state index is -0.274. The second-order valence-electron chi connectivity index (χ2n) is 5.78. The summed E-state index contributed by atoms with van der Waals surface area (Å²) in [5.74, 6) is 0.735. The van der Waals surface area contributed by atoms with Crippen molar-refractivity contribution in [1.29, 1.82) is 0 Å². The van der Waals surface area contributed by atoms with E-state index in [0.717, 1.165) is 50.5 Å². The predicted molar refractivity (Wildman–Crippen MR) is 84.4 cm³/mol. The highest BCUT2D eigenvalue weighted by Crippen LogP contribution is 2.31. The normalized spacial score (nSPS) is 18.6. The molecule has 1 N–H and O–H groups in total. The molecule has 5 heteroatoms. The topological polar surface area (TPSA) is 58.4 Å². The average Bonchev–Trinajstić information content (AvgIpc) is 2.52. The smallest absolute Gasteiger partial charge is 0.274 e. The van der Waals surface area contributed by atoms with E-state index >= 15 is 0 Å². The number of nitrogens with one attached hydrogen (secondary N) is 1. The van der Waals surface area contributed by atoms with Crippen LogP contribution in [0.3, 0.4) is 0 Å². The second-order valence-corrected chi connectivity index (χ2v) is 5.78. The lowest BCUT2D eigenvalue weighted by Gasteiger charge is -2.36. The fourth-order valence-electron chi connectivity index (χ4n) is 3.10. The molecule has 1 aliphatic heterocycles. The van der Waals surface area contributed by atoms with Crippen molar-refractivity contribution in [1.82, 2.24) is 10.2 Å². The minimum Gasteiger partial charge on any atom is -0.317 e. The zero-order valence-electron chi connectivity index (χ0n) is 12.9. The maximum atomic E-state index is 11.2. The molecule has 1 fully saturated rings. The van der Waals surface area contributed by atoms with Crippen molar-refractivity contribution in [2.24, 2.45) is 5.92 Å². The van der Waals surface area contributed by atoms with E-state index < -0.39 is 0 Å². The van der Waals surface area contributed by atoms with Crippen molar-refractivity contribution in [3.8, 4) is 0 Å². The van der Waals surface area contributed by atoms with Crippen LogP contribution in [0.5, 0.6) is 0 Å². The van der Waals surface area contributed by atoms with Crippen molar-refractivity contribution >= 4 is 5.69 Å². The average molecular weight is 291 g/mol. The molecule has 21 heavy (non-hydrogen) atoms. The molecule has 1 aliphatic rings. The van der Waals surface area contributed by atoms with Gasteiger partial charge in [-0.1, -0.05) is 25.1 Å². The fraction of sp³-hybridized carbons (Fsp3) is 0.625. The van der Waals surface area contributed by atoms with Crippen molar-refractivity contribution in [3.05, 3.63) is 39.9 Å². The summed E-state index contributed by atoms with van der Waals surface area (Å²) in [7, 11) is 0. The monoisotopic (exact) mass is 291 g/mol. The Labute approximate surface area is 126 Å². The van der Waals surface area contributed by atoms with E-state index in [0.29, 0.717) is 0 Å². The SMILES string of the molecule is CCNCC1CCN(C(C)c2ccccc2[N+](=O)[O-])CC1. The van der Waals surface area contributed by atoms with Gasteiger partial charge in [-0.25, -0.2) is 0 Å². The number of nitro benzene ring substituents is 1. The van der Waals surface area contributed by atoms with Gasteiger partial charge in [0.2, 0.25) is 0 Å². The summed E-state index contributed by atoms with van der Waals surface area (Å²) in [6, 6.07) is 7.21. The number of benzene rings is 1. The van der Waals surface area contributed by atoms with Crippen LogP contribution in [-0.4, -0.2) is 36.0 Å². The first kappa shape index (κ1) is 15.9. The number of hydrogen-bond acceptors (Lipinski definition) is 4. The van der Waals surface area contributed by atoms with Crippen molar-refractivity contribution in [3.63, 3.8) is 0 Å². The Bertz CT molecular complexity index is 470. The van der Waals surface area contributed by atoms with E-state index in [2.05, 4.69) is 24.1 Å². The van der Waals surface area contributed by atoms with Crippen LogP contribution in [-0.2, 0) is 0 Å². The van der Waals surface area contributed by atoms with Gasteiger partial charge in [0.25, 0.3) is 5.69 Å². The Morgan fingerprint density at radius 3 is 2.67 bits per heavy atom. The molecular weight excluding hydrogens is 266 g/mol. The largest absolute Gasteiger partial charge is 0.317 e. The van der Waals surface area contributed by atoms with Crippen LogP contribution in [0.2, 0.25) is 0 Å². The van der Waals surface area contributed by atoms with E-state index in [4.69, 9.17) is 0 Å². The Kier molecular flexibility index (Phi) is 5.70. The van der Waals surface area contributed by atoms with Gasteiger partial charge in [0.05, 0.1) is 4.92 Å². The molecule has 5 nitrogen and oxygen atoms in total.